The Hall–Kier alpha value is -1.62. The number of halogens is 1. The predicted molar refractivity (Wildman–Crippen MR) is 89.0 cm³/mol. The molecule has 1 fully saturated rings. The second-order valence-corrected chi connectivity index (χ2v) is 6.59. The molecule has 0 aromatic heterocycles. The maximum Gasteiger partial charge on any atom is 0.260 e. The molecule has 1 amide bonds. The Morgan fingerprint density at radius 2 is 1.96 bits per heavy atom. The largest absolute Gasteiger partial charge is 0.478 e. The number of ether oxygens (including phenoxy) is 1. The fourth-order valence-corrected chi connectivity index (χ4v) is 3.17. The highest BCUT2D eigenvalue weighted by Crippen LogP contribution is 2.31. The number of amides is 1. The molecule has 0 bridgehead atoms. The van der Waals surface area contributed by atoms with Crippen molar-refractivity contribution in [1.29, 1.82) is 0 Å². The molecule has 1 aromatic rings. The Balaban J connectivity index is 1.91. The van der Waals surface area contributed by atoms with E-state index in [1.165, 1.54) is 31.4 Å². The van der Waals surface area contributed by atoms with Crippen LogP contribution < -0.4 is 10.1 Å². The molecular formula is C18H27FN2O2. The van der Waals surface area contributed by atoms with Gasteiger partial charge in [-0.2, -0.15) is 0 Å². The third-order valence-corrected chi connectivity index (χ3v) is 4.83. The first-order valence-electron chi connectivity index (χ1n) is 8.31. The number of rotatable bonds is 6. The minimum atomic E-state index is -0.727. The molecule has 5 heteroatoms. The van der Waals surface area contributed by atoms with Gasteiger partial charge in [0.2, 0.25) is 0 Å². The maximum absolute atomic E-state index is 13.6. The van der Waals surface area contributed by atoms with Crippen molar-refractivity contribution in [3.8, 4) is 5.75 Å². The van der Waals surface area contributed by atoms with Crippen LogP contribution in [0, 0.1) is 5.82 Å². The first kappa shape index (κ1) is 17.7. The van der Waals surface area contributed by atoms with E-state index in [9.17, 15) is 9.18 Å². The van der Waals surface area contributed by atoms with Crippen LogP contribution in [0.15, 0.2) is 24.3 Å². The van der Waals surface area contributed by atoms with Crippen molar-refractivity contribution < 1.29 is 13.9 Å². The van der Waals surface area contributed by atoms with Crippen LogP contribution >= 0.6 is 0 Å². The Kier molecular flexibility index (Phi) is 5.99. The monoisotopic (exact) mass is 322 g/mol. The summed E-state index contributed by atoms with van der Waals surface area (Å²) in [5, 5.41) is 2.99. The number of nitrogens with one attached hydrogen (secondary N) is 1. The van der Waals surface area contributed by atoms with Crippen LogP contribution in [0.5, 0.6) is 5.75 Å². The number of likely N-dealkylation sites (N-methyl/N-ethyl adjacent to an activating group) is 1. The summed E-state index contributed by atoms with van der Waals surface area (Å²) in [4.78, 5) is 14.5. The highest BCUT2D eigenvalue weighted by atomic mass is 19.1. The standard InChI is InChI=1S/C18H27FN2O2/c1-14(23-16-10-6-5-9-15(16)19)17(22)20-13-18(21(2)3)11-7-4-8-12-18/h5-6,9-10,14H,4,7-8,11-13H2,1-3H3,(H,20,22)/t14-/m1/s1. The van der Waals surface area contributed by atoms with Crippen LogP contribution in [-0.4, -0.2) is 43.1 Å². The van der Waals surface area contributed by atoms with Gasteiger partial charge in [0.05, 0.1) is 0 Å². The summed E-state index contributed by atoms with van der Waals surface area (Å²) in [5.41, 5.74) is 0.0195. The first-order valence-corrected chi connectivity index (χ1v) is 8.31. The lowest BCUT2D eigenvalue weighted by atomic mass is 9.80. The van der Waals surface area contributed by atoms with E-state index in [0.717, 1.165) is 12.8 Å². The van der Waals surface area contributed by atoms with E-state index in [2.05, 4.69) is 24.3 Å². The Bertz CT molecular complexity index is 528. The number of para-hydroxylation sites is 1. The van der Waals surface area contributed by atoms with E-state index in [4.69, 9.17) is 4.74 Å². The number of benzene rings is 1. The Morgan fingerprint density at radius 3 is 2.57 bits per heavy atom. The SMILES string of the molecule is C[C@@H](Oc1ccccc1F)C(=O)NCC1(N(C)C)CCCCC1. The molecule has 0 saturated heterocycles. The molecule has 0 unspecified atom stereocenters. The molecule has 1 atom stereocenters. The van der Waals surface area contributed by atoms with Crippen LogP contribution in [0.25, 0.3) is 0 Å². The number of hydrogen-bond donors (Lipinski definition) is 1. The number of carbonyl (C=O) groups is 1. The summed E-state index contributed by atoms with van der Waals surface area (Å²) in [5.74, 6) is -0.556. The Labute approximate surface area is 138 Å². The van der Waals surface area contributed by atoms with Gasteiger partial charge in [0, 0.05) is 12.1 Å². The molecule has 23 heavy (non-hydrogen) atoms. The predicted octanol–water partition coefficient (Wildman–Crippen LogP) is 2.97. The molecule has 0 heterocycles. The van der Waals surface area contributed by atoms with E-state index < -0.39 is 11.9 Å². The first-order chi connectivity index (χ1) is 10.9. The molecule has 1 aliphatic carbocycles. The lowest BCUT2D eigenvalue weighted by Gasteiger charge is -2.43. The normalized spacial score (nSPS) is 18.5. The van der Waals surface area contributed by atoms with Gasteiger partial charge in [0.15, 0.2) is 17.7 Å². The van der Waals surface area contributed by atoms with Gasteiger partial charge in [-0.05, 0) is 46.0 Å². The zero-order valence-electron chi connectivity index (χ0n) is 14.3. The van der Waals surface area contributed by atoms with Crippen molar-refractivity contribution in [2.24, 2.45) is 0 Å². The summed E-state index contributed by atoms with van der Waals surface area (Å²) in [6, 6.07) is 6.13. The minimum Gasteiger partial charge on any atom is -0.478 e. The third-order valence-electron chi connectivity index (χ3n) is 4.83. The van der Waals surface area contributed by atoms with E-state index in [0.29, 0.717) is 6.54 Å². The summed E-state index contributed by atoms with van der Waals surface area (Å²) < 4.78 is 19.0. The van der Waals surface area contributed by atoms with Crippen LogP contribution in [0.1, 0.15) is 39.0 Å². The van der Waals surface area contributed by atoms with Crippen LogP contribution in [-0.2, 0) is 4.79 Å². The van der Waals surface area contributed by atoms with Gasteiger partial charge in [-0.3, -0.25) is 4.79 Å². The summed E-state index contributed by atoms with van der Waals surface area (Å²) >= 11 is 0. The van der Waals surface area contributed by atoms with Crippen LogP contribution in [0.3, 0.4) is 0 Å². The fourth-order valence-electron chi connectivity index (χ4n) is 3.17. The van der Waals surface area contributed by atoms with Gasteiger partial charge in [-0.1, -0.05) is 31.4 Å². The summed E-state index contributed by atoms with van der Waals surface area (Å²) in [6.07, 6.45) is 5.09. The number of nitrogens with zero attached hydrogens (tertiary/aromatic N) is 1. The van der Waals surface area contributed by atoms with Gasteiger partial charge in [-0.25, -0.2) is 4.39 Å². The van der Waals surface area contributed by atoms with Gasteiger partial charge in [-0.15, -0.1) is 0 Å². The van der Waals surface area contributed by atoms with E-state index in [-0.39, 0.29) is 17.2 Å². The molecule has 2 rings (SSSR count). The molecule has 128 valence electrons. The van der Waals surface area contributed by atoms with Gasteiger partial charge >= 0.3 is 0 Å². The minimum absolute atomic E-state index is 0.0195. The fraction of sp³-hybridized carbons (Fsp3) is 0.611. The molecule has 1 N–H and O–H groups in total. The molecule has 1 saturated carbocycles. The van der Waals surface area contributed by atoms with Crippen molar-refractivity contribution in [2.75, 3.05) is 20.6 Å². The molecule has 1 aliphatic rings. The zero-order valence-corrected chi connectivity index (χ0v) is 14.3. The van der Waals surface area contributed by atoms with Crippen molar-refractivity contribution >= 4 is 5.91 Å². The third kappa shape index (κ3) is 4.44. The summed E-state index contributed by atoms with van der Waals surface area (Å²) in [7, 11) is 4.13. The maximum atomic E-state index is 13.6. The molecule has 0 aliphatic heterocycles. The van der Waals surface area contributed by atoms with Crippen LogP contribution in [0.2, 0.25) is 0 Å². The van der Waals surface area contributed by atoms with E-state index in [1.807, 2.05) is 0 Å². The lowest BCUT2D eigenvalue weighted by Crippen LogP contribution is -2.55. The zero-order chi connectivity index (χ0) is 16.9. The van der Waals surface area contributed by atoms with Gasteiger partial charge < -0.3 is 15.0 Å². The second-order valence-electron chi connectivity index (χ2n) is 6.59. The average molecular weight is 322 g/mol. The number of hydrogen-bond acceptors (Lipinski definition) is 3. The van der Waals surface area contributed by atoms with E-state index in [1.54, 1.807) is 19.1 Å². The molecule has 0 radical (unpaired) electrons. The topological polar surface area (TPSA) is 41.6 Å². The van der Waals surface area contributed by atoms with Gasteiger partial charge in [0.25, 0.3) is 5.91 Å². The number of carbonyl (C=O) groups excluding carboxylic acids is 1. The van der Waals surface area contributed by atoms with Crippen molar-refractivity contribution in [3.05, 3.63) is 30.1 Å². The molecular weight excluding hydrogens is 295 g/mol. The Morgan fingerprint density at radius 1 is 1.30 bits per heavy atom. The molecule has 4 nitrogen and oxygen atoms in total. The quantitative estimate of drug-likeness (QED) is 0.875. The molecule has 0 spiro atoms. The molecule has 1 aromatic carbocycles. The van der Waals surface area contributed by atoms with Crippen LogP contribution in [0.4, 0.5) is 4.39 Å². The highest BCUT2D eigenvalue weighted by molar-refractivity contribution is 5.80. The van der Waals surface area contributed by atoms with Crippen molar-refractivity contribution in [3.63, 3.8) is 0 Å². The van der Waals surface area contributed by atoms with Gasteiger partial charge in [0.1, 0.15) is 0 Å². The lowest BCUT2D eigenvalue weighted by molar-refractivity contribution is -0.128. The van der Waals surface area contributed by atoms with Crippen molar-refractivity contribution in [2.45, 2.75) is 50.7 Å². The highest BCUT2D eigenvalue weighted by Gasteiger charge is 2.34. The van der Waals surface area contributed by atoms with E-state index >= 15 is 0 Å². The summed E-state index contributed by atoms with van der Waals surface area (Å²) in [6.45, 7) is 2.24. The average Bonchev–Trinajstić information content (AvgIpc) is 2.55. The van der Waals surface area contributed by atoms with Crippen molar-refractivity contribution in [1.82, 2.24) is 10.2 Å². The second kappa shape index (κ2) is 7.77. The smallest absolute Gasteiger partial charge is 0.260 e.